The van der Waals surface area contributed by atoms with Crippen LogP contribution in [-0.2, 0) is 25.7 Å². The normalized spacial score (nSPS) is 24.0. The maximum absolute atomic E-state index is 13.5. The number of ketones is 1. The Morgan fingerprint density at radius 2 is 1.98 bits per heavy atom. The van der Waals surface area contributed by atoms with Gasteiger partial charge in [-0.3, -0.25) is 24.2 Å². The third-order valence-electron chi connectivity index (χ3n) is 7.19. The fourth-order valence-electron chi connectivity index (χ4n) is 4.70. The number of Topliss-reactive ketones (excluding diaryl/α,β-unsaturated/α-hetero) is 1. The second-order valence-corrected chi connectivity index (χ2v) is 14.4. The Balaban J connectivity index is 1.66. The first-order valence-corrected chi connectivity index (χ1v) is 17.6. The highest BCUT2D eigenvalue weighted by Crippen LogP contribution is 2.32. The summed E-state index contributed by atoms with van der Waals surface area (Å²) in [7, 11) is 0. The van der Waals surface area contributed by atoms with E-state index in [1.54, 1.807) is 6.92 Å². The van der Waals surface area contributed by atoms with E-state index in [4.69, 9.17) is 4.99 Å². The lowest BCUT2D eigenvalue weighted by Gasteiger charge is -2.27. The van der Waals surface area contributed by atoms with Gasteiger partial charge in [-0.25, -0.2) is 4.98 Å². The molecule has 0 radical (unpaired) electrons. The van der Waals surface area contributed by atoms with E-state index in [-0.39, 0.29) is 47.4 Å². The molecule has 2 N–H and O–H groups in total. The van der Waals surface area contributed by atoms with Crippen molar-refractivity contribution in [3.63, 3.8) is 0 Å². The zero-order valence-corrected chi connectivity index (χ0v) is 27.2. The number of fused-ring (bicyclic) bond motifs is 4. The van der Waals surface area contributed by atoms with Crippen molar-refractivity contribution in [3.8, 4) is 0 Å². The second kappa shape index (κ2) is 16.6. The Hall–Kier alpha value is -1.98. The van der Waals surface area contributed by atoms with Gasteiger partial charge in [-0.05, 0) is 31.6 Å². The summed E-state index contributed by atoms with van der Waals surface area (Å²) >= 11 is 4.28. The number of thioether (sulfide) groups is 2. The number of carbonyl (C=O) groups excluding carboxylic acids is 4. The predicted octanol–water partition coefficient (Wildman–Crippen LogP) is 5.70. The molecule has 2 aliphatic heterocycles. The fraction of sp³-hybridized carbons (Fsp3) is 0.667. The average Bonchev–Trinajstić information content (AvgIpc) is 3.56. The molecule has 0 saturated carbocycles. The highest BCUT2D eigenvalue weighted by molar-refractivity contribution is 8.14. The fourth-order valence-corrected chi connectivity index (χ4v) is 7.40. The molecule has 1 aromatic heterocycles. The number of aliphatic imine (C=N–C) groups is 1. The highest BCUT2D eigenvalue weighted by Gasteiger charge is 2.41. The number of amides is 2. The van der Waals surface area contributed by atoms with Crippen LogP contribution in [0.1, 0.15) is 96.2 Å². The Labute approximate surface area is 256 Å². The van der Waals surface area contributed by atoms with Gasteiger partial charge in [-0.2, -0.15) is 0 Å². The van der Waals surface area contributed by atoms with Crippen LogP contribution in [0.15, 0.2) is 22.5 Å². The van der Waals surface area contributed by atoms with Crippen LogP contribution in [0.25, 0.3) is 0 Å². The molecule has 2 amide bonds. The Kier molecular flexibility index (Phi) is 13.6. The van der Waals surface area contributed by atoms with Crippen molar-refractivity contribution >= 4 is 62.6 Å². The van der Waals surface area contributed by atoms with E-state index in [0.29, 0.717) is 41.6 Å². The molecule has 3 atom stereocenters. The topological polar surface area (TPSA) is 118 Å². The quantitative estimate of drug-likeness (QED) is 0.241. The van der Waals surface area contributed by atoms with Crippen molar-refractivity contribution in [1.82, 2.24) is 15.6 Å². The number of carbonyl (C=O) groups is 4. The van der Waals surface area contributed by atoms with Crippen molar-refractivity contribution in [3.05, 3.63) is 28.2 Å². The van der Waals surface area contributed by atoms with E-state index < -0.39 is 11.6 Å². The summed E-state index contributed by atoms with van der Waals surface area (Å²) in [5.41, 5.74) is -0.273. The molecule has 226 valence electrons. The standard InChI is InChI=1S/C30H44N4O4S3/c1-5-6-7-8-9-13-26(37)39-14-11-10-12-21-15-23(35)27(20(2)3)33-29(38)30(4)19-41-28(34-30)22-18-40-25(32-22)17-31-24(36)16-21/h10,12,18,20-21,27H,5-9,11,13-17,19H2,1-4H3,(H,31,36)(H,33,38)/b12-10+/t21?,27-,30-/m0/s1. The summed E-state index contributed by atoms with van der Waals surface area (Å²) in [6.45, 7) is 8.09. The molecule has 2 aliphatic rings. The van der Waals surface area contributed by atoms with Gasteiger partial charge in [0.25, 0.3) is 0 Å². The Morgan fingerprint density at radius 3 is 2.73 bits per heavy atom. The summed E-state index contributed by atoms with van der Waals surface area (Å²) in [5, 5.41) is 9.50. The zero-order chi connectivity index (χ0) is 29.8. The van der Waals surface area contributed by atoms with Crippen LogP contribution < -0.4 is 10.6 Å². The van der Waals surface area contributed by atoms with E-state index in [1.807, 2.05) is 31.4 Å². The van der Waals surface area contributed by atoms with Crippen molar-refractivity contribution in [2.75, 3.05) is 11.5 Å². The number of hydrogen-bond acceptors (Lipinski definition) is 9. The number of nitrogens with one attached hydrogen (secondary N) is 2. The molecule has 0 fully saturated rings. The average molecular weight is 621 g/mol. The van der Waals surface area contributed by atoms with Crippen molar-refractivity contribution < 1.29 is 19.2 Å². The highest BCUT2D eigenvalue weighted by atomic mass is 32.2. The molecule has 0 aromatic carbocycles. The molecule has 41 heavy (non-hydrogen) atoms. The number of rotatable bonds is 11. The van der Waals surface area contributed by atoms with Gasteiger partial charge in [-0.1, -0.05) is 70.4 Å². The molecule has 0 saturated heterocycles. The first kappa shape index (κ1) is 33.5. The molecule has 11 heteroatoms. The third kappa shape index (κ3) is 10.7. The molecule has 8 nitrogen and oxygen atoms in total. The van der Waals surface area contributed by atoms with Gasteiger partial charge >= 0.3 is 0 Å². The van der Waals surface area contributed by atoms with Gasteiger partial charge in [0, 0.05) is 36.1 Å². The second-order valence-electron chi connectivity index (χ2n) is 11.3. The SMILES string of the molecule is CCCCCCCC(=O)SCC/C=C/C1CC(=O)NCc2nc(cs2)C2=N[C@@](C)(CS2)C(=O)N[C@@H](C(C)C)C(=O)C1. The summed E-state index contributed by atoms with van der Waals surface area (Å²) in [6, 6.07) is -0.674. The minimum Gasteiger partial charge on any atom is -0.350 e. The van der Waals surface area contributed by atoms with Crippen molar-refractivity contribution in [2.45, 2.75) is 104 Å². The van der Waals surface area contributed by atoms with Crippen LogP contribution in [0.3, 0.4) is 0 Å². The number of unbranched alkanes of at least 4 members (excludes halogenated alkanes) is 4. The lowest BCUT2D eigenvalue weighted by molar-refractivity contribution is -0.131. The molecular weight excluding hydrogens is 577 g/mol. The van der Waals surface area contributed by atoms with Crippen LogP contribution >= 0.6 is 34.9 Å². The van der Waals surface area contributed by atoms with Crippen LogP contribution in [0.5, 0.6) is 0 Å². The maximum Gasteiger partial charge on any atom is 0.249 e. The molecule has 0 aliphatic carbocycles. The summed E-state index contributed by atoms with van der Waals surface area (Å²) < 4.78 is 0. The first-order chi connectivity index (χ1) is 19.6. The van der Waals surface area contributed by atoms with Crippen molar-refractivity contribution in [2.24, 2.45) is 16.8 Å². The van der Waals surface area contributed by atoms with Crippen LogP contribution in [0, 0.1) is 11.8 Å². The third-order valence-corrected chi connectivity index (χ3v) is 10.3. The van der Waals surface area contributed by atoms with Gasteiger partial charge in [0.05, 0.1) is 12.6 Å². The minimum absolute atomic E-state index is 0.100. The minimum atomic E-state index is -0.980. The molecular formula is C30H44N4O4S3. The van der Waals surface area contributed by atoms with E-state index in [0.717, 1.165) is 17.8 Å². The smallest absolute Gasteiger partial charge is 0.249 e. The van der Waals surface area contributed by atoms with Crippen LogP contribution in [0.2, 0.25) is 0 Å². The van der Waals surface area contributed by atoms with E-state index in [2.05, 4.69) is 22.5 Å². The zero-order valence-electron chi connectivity index (χ0n) is 24.7. The van der Waals surface area contributed by atoms with E-state index in [9.17, 15) is 19.2 Å². The maximum atomic E-state index is 13.5. The summed E-state index contributed by atoms with van der Waals surface area (Å²) in [6.07, 6.45) is 11.1. The van der Waals surface area contributed by atoms with E-state index >= 15 is 0 Å². The predicted molar refractivity (Wildman–Crippen MR) is 170 cm³/mol. The number of allylic oxidation sites excluding steroid dienone is 2. The molecule has 4 bridgehead atoms. The number of thiazole rings is 1. The van der Waals surface area contributed by atoms with E-state index in [1.165, 1.54) is 54.1 Å². The largest absolute Gasteiger partial charge is 0.350 e. The number of hydrogen-bond donors (Lipinski definition) is 2. The molecule has 3 heterocycles. The lowest BCUT2D eigenvalue weighted by atomic mass is 9.89. The number of nitrogens with zero attached hydrogens (tertiary/aromatic N) is 2. The first-order valence-electron chi connectivity index (χ1n) is 14.7. The van der Waals surface area contributed by atoms with Gasteiger partial charge in [0.2, 0.25) is 11.8 Å². The van der Waals surface area contributed by atoms with Gasteiger partial charge < -0.3 is 10.6 Å². The summed E-state index contributed by atoms with van der Waals surface area (Å²) in [4.78, 5) is 61.2. The molecule has 1 unspecified atom stereocenters. The summed E-state index contributed by atoms with van der Waals surface area (Å²) in [5.74, 6) is 0.184. The molecule has 3 rings (SSSR count). The molecule has 0 spiro atoms. The Morgan fingerprint density at radius 1 is 1.20 bits per heavy atom. The van der Waals surface area contributed by atoms with Gasteiger partial charge in [0.15, 0.2) is 10.9 Å². The Bertz CT molecular complexity index is 1130. The monoisotopic (exact) mass is 620 g/mol. The number of aromatic nitrogens is 1. The lowest BCUT2D eigenvalue weighted by Crippen LogP contribution is -2.52. The van der Waals surface area contributed by atoms with Crippen LogP contribution in [0.4, 0.5) is 0 Å². The molecule has 1 aromatic rings. The van der Waals surface area contributed by atoms with Gasteiger partial charge in [-0.15, -0.1) is 23.1 Å². The van der Waals surface area contributed by atoms with Crippen LogP contribution in [-0.4, -0.2) is 55.8 Å². The van der Waals surface area contributed by atoms with Crippen molar-refractivity contribution in [1.29, 1.82) is 0 Å². The van der Waals surface area contributed by atoms with Gasteiger partial charge in [0.1, 0.15) is 21.3 Å².